The molecule has 104 heavy (non-hydrogen) atoms. The fourth-order valence-corrected chi connectivity index (χ4v) is 19.8. The summed E-state index contributed by atoms with van der Waals surface area (Å²) in [4.78, 5) is 44.2. The molecule has 3 saturated heterocycles. The molecule has 8 aromatic heterocycles. The molecule has 11 aromatic rings. The standard InChI is InChI=1S/C29H34ClN7OS.C25H26ClN7.C24H30IN5OS/c1-18-22(21-9-12-32-25(31)23(21)30)26-33-13-16-37(26)27(34-18)36-14-10-29(11-15-36)17-19-7-5-6-8-20(19)24(29)35-39(38)28(2,3)4;1-15-19(18-6-9-29-22(28)20(18)26)23-30-10-13-33(23)24(31-15)32-11-7-25(8-12-32)14-16-4-2-3-5-17(16)21(25)27;1-16-19(25)21-26-11-14-30(21)22(27-16)29-12-9-24(10-13-29)15-17-7-5-6-8-18(17)20(24)28-32(31)23(2,3)4/h5-9,12-13,16,24,35H,10-11,14-15,17H2,1-4H3,(H2,31,32);2-6,9-10,13,21H,7-8,11-12,14,27H2,1H3,(H2,28,29);5-8,11,14,20,28H,9-10,12-13,15H2,1-4H3/t24-,39-;21-;20-,32-/m111/s1. The van der Waals surface area contributed by atoms with Gasteiger partial charge in [0.15, 0.2) is 5.65 Å². The van der Waals surface area contributed by atoms with E-state index in [-0.39, 0.29) is 49.7 Å². The third-order valence-corrected chi connectivity index (χ3v) is 27.9. The van der Waals surface area contributed by atoms with E-state index in [4.69, 9.17) is 55.4 Å². The number of aromatic nitrogens is 11. The van der Waals surface area contributed by atoms with Crippen LogP contribution in [0, 0.1) is 40.6 Å². The predicted octanol–water partition coefficient (Wildman–Crippen LogP) is 14.0. The molecule has 0 amide bonds. The first-order valence-electron chi connectivity index (χ1n) is 35.8. The van der Waals surface area contributed by atoms with E-state index < -0.39 is 22.0 Å². The molecule has 26 heteroatoms. The number of halogens is 3. The number of rotatable bonds is 9. The summed E-state index contributed by atoms with van der Waals surface area (Å²) in [6.07, 6.45) is 23.8. The van der Waals surface area contributed by atoms with Gasteiger partial charge in [0.25, 0.3) is 0 Å². The second kappa shape index (κ2) is 27.9. The molecule has 8 N–H and O–H groups in total. The van der Waals surface area contributed by atoms with Gasteiger partial charge in [-0.25, -0.2) is 57.7 Å². The molecule has 3 aromatic carbocycles. The minimum atomic E-state index is -1.16. The average Bonchev–Trinajstić information content (AvgIpc) is 1.48. The largest absolute Gasteiger partial charge is 0.382 e. The van der Waals surface area contributed by atoms with Crippen molar-refractivity contribution in [1.29, 1.82) is 0 Å². The number of anilines is 5. The highest BCUT2D eigenvalue weighted by Crippen LogP contribution is 2.56. The molecule has 21 nitrogen and oxygen atoms in total. The van der Waals surface area contributed by atoms with Crippen molar-refractivity contribution in [3.8, 4) is 22.3 Å². The lowest BCUT2D eigenvalue weighted by atomic mass is 9.73. The quantitative estimate of drug-likeness (QED) is 0.0841. The van der Waals surface area contributed by atoms with Crippen LogP contribution in [-0.4, -0.2) is 110 Å². The lowest BCUT2D eigenvalue weighted by Gasteiger charge is -2.44. The number of hydrogen-bond donors (Lipinski definition) is 5. The average molecular weight is 1590 g/mol. The molecule has 6 aliphatic rings. The first-order valence-corrected chi connectivity index (χ1v) is 40.0. The van der Waals surface area contributed by atoms with E-state index in [2.05, 4.69) is 160 Å². The van der Waals surface area contributed by atoms with Gasteiger partial charge in [-0.2, -0.15) is 0 Å². The number of hydrogen-bond acceptors (Lipinski definition) is 16. The normalized spacial score (nSPS) is 20.0. The number of fused-ring (bicyclic) bond motifs is 6. The maximum absolute atomic E-state index is 13.2. The summed E-state index contributed by atoms with van der Waals surface area (Å²) in [7, 11) is -2.28. The smallest absolute Gasteiger partial charge is 0.211 e. The SMILES string of the molecule is Cc1nc(N2CCC3(CC2)Cc2ccccc2[C@H]3N)n2ccnc2c1-c1ccnc(N)c1Cl.Cc1nc(N2CCC3(CC2)Cc2ccccc2[C@H]3N[S@](=O)C(C)(C)C)n2ccnc2c1-c1ccnc(N)c1Cl.Cc1nc(N2CCC3(CC2)Cc2ccccc2[C@H]3N[S@](=O)C(C)(C)C)n2ccnc2c1I. The number of aryl methyl sites for hydroxylation is 3. The van der Waals surface area contributed by atoms with Crippen LogP contribution >= 0.6 is 45.8 Å². The Bertz CT molecular complexity index is 5160. The zero-order chi connectivity index (χ0) is 72.9. The third-order valence-electron chi connectivity index (χ3n) is 22.8. The number of nitrogens with one attached hydrogen (secondary N) is 2. The highest BCUT2D eigenvalue weighted by Gasteiger charge is 2.52. The second-order valence-corrected chi connectivity index (χ2v) is 36.9. The Morgan fingerprint density at radius 2 is 0.808 bits per heavy atom. The molecule has 11 heterocycles. The Kier molecular flexibility index (Phi) is 19.3. The molecular formula is C78H90Cl2IN19O2S2. The molecule has 542 valence electrons. The molecule has 0 bridgehead atoms. The van der Waals surface area contributed by atoms with Crippen molar-refractivity contribution in [2.45, 2.75) is 148 Å². The Labute approximate surface area is 636 Å². The van der Waals surface area contributed by atoms with Crippen molar-refractivity contribution < 1.29 is 8.42 Å². The summed E-state index contributed by atoms with van der Waals surface area (Å²) >= 11 is 15.4. The maximum atomic E-state index is 13.2. The van der Waals surface area contributed by atoms with Gasteiger partial charge >= 0.3 is 0 Å². The first-order chi connectivity index (χ1) is 49.8. The van der Waals surface area contributed by atoms with Gasteiger partial charge in [-0.1, -0.05) is 96.0 Å². The zero-order valence-corrected chi connectivity index (χ0v) is 65.6. The number of benzene rings is 3. The first kappa shape index (κ1) is 71.9. The minimum absolute atomic E-state index is 0.00618. The Morgan fingerprint density at radius 3 is 1.20 bits per heavy atom. The number of piperidine rings is 3. The minimum Gasteiger partial charge on any atom is -0.382 e. The number of pyridine rings is 2. The van der Waals surface area contributed by atoms with Crippen molar-refractivity contribution in [1.82, 2.24) is 62.5 Å². The maximum Gasteiger partial charge on any atom is 0.211 e. The molecule has 17 rings (SSSR count). The van der Waals surface area contributed by atoms with Crippen molar-refractivity contribution in [2.24, 2.45) is 22.0 Å². The fourth-order valence-electron chi connectivity index (χ4n) is 17.0. The summed E-state index contributed by atoms with van der Waals surface area (Å²) in [5, 5.41) is 0.835. The summed E-state index contributed by atoms with van der Waals surface area (Å²) in [6.45, 7) is 23.6. The van der Waals surface area contributed by atoms with Crippen LogP contribution in [0.15, 0.2) is 135 Å². The number of imidazole rings is 3. The summed E-state index contributed by atoms with van der Waals surface area (Å²) in [6, 6.07) is 29.9. The molecule has 3 fully saturated rings. The number of nitrogens with zero attached hydrogens (tertiary/aromatic N) is 14. The zero-order valence-electron chi connectivity index (χ0n) is 60.3. The van der Waals surface area contributed by atoms with Gasteiger partial charge in [-0.15, -0.1) is 0 Å². The van der Waals surface area contributed by atoms with E-state index in [0.29, 0.717) is 15.9 Å². The molecule has 3 aliphatic carbocycles. The van der Waals surface area contributed by atoms with Crippen molar-refractivity contribution in [3.63, 3.8) is 0 Å². The van der Waals surface area contributed by atoms with Gasteiger partial charge in [0.2, 0.25) is 17.8 Å². The summed E-state index contributed by atoms with van der Waals surface area (Å²) < 4.78 is 40.1. The van der Waals surface area contributed by atoms with Crippen LogP contribution in [-0.2, 0) is 41.2 Å². The van der Waals surface area contributed by atoms with Gasteiger partial charge in [0.1, 0.15) is 22.9 Å². The van der Waals surface area contributed by atoms with Crippen LogP contribution in [0.3, 0.4) is 0 Å². The van der Waals surface area contributed by atoms with Crippen LogP contribution in [0.5, 0.6) is 0 Å². The molecule has 5 atom stereocenters. The van der Waals surface area contributed by atoms with Crippen molar-refractivity contribution >= 4 is 114 Å². The van der Waals surface area contributed by atoms with Gasteiger partial charge in [-0.05, 0) is 204 Å². The van der Waals surface area contributed by atoms with Gasteiger partial charge in [-0.3, -0.25) is 13.2 Å². The van der Waals surface area contributed by atoms with Crippen LogP contribution < -0.4 is 41.3 Å². The molecule has 0 unspecified atom stereocenters. The molecule has 3 spiro atoms. The topological polar surface area (TPSA) is 262 Å². The molecular weight excluding hydrogens is 1500 g/mol. The summed E-state index contributed by atoms with van der Waals surface area (Å²) in [5.74, 6) is 3.34. The number of nitrogen functional groups attached to an aromatic ring is 2. The van der Waals surface area contributed by atoms with E-state index in [1.54, 1.807) is 24.8 Å². The van der Waals surface area contributed by atoms with E-state index in [9.17, 15) is 8.42 Å². The monoisotopic (exact) mass is 1590 g/mol. The predicted molar refractivity (Wildman–Crippen MR) is 428 cm³/mol. The van der Waals surface area contributed by atoms with E-state index >= 15 is 0 Å². The lowest BCUT2D eigenvalue weighted by molar-refractivity contribution is 0.176. The Balaban J connectivity index is 0.000000126. The Morgan fingerprint density at radius 1 is 0.471 bits per heavy atom. The van der Waals surface area contributed by atoms with E-state index in [1.807, 2.05) is 96.7 Å². The van der Waals surface area contributed by atoms with Gasteiger partial charge < -0.3 is 31.9 Å². The van der Waals surface area contributed by atoms with Crippen LogP contribution in [0.25, 0.3) is 39.2 Å². The van der Waals surface area contributed by atoms with E-state index in [1.165, 1.54) is 33.4 Å². The van der Waals surface area contributed by atoms with Crippen LogP contribution in [0.4, 0.5) is 29.5 Å². The van der Waals surface area contributed by atoms with Gasteiger partial charge in [0.05, 0.1) is 74.2 Å². The van der Waals surface area contributed by atoms with Crippen LogP contribution in [0.1, 0.15) is 149 Å². The lowest BCUT2D eigenvalue weighted by Crippen LogP contribution is -2.48. The van der Waals surface area contributed by atoms with Crippen molar-refractivity contribution in [3.05, 3.63) is 199 Å². The van der Waals surface area contributed by atoms with Crippen molar-refractivity contribution in [2.75, 3.05) is 65.4 Å². The van der Waals surface area contributed by atoms with Crippen LogP contribution in [0.2, 0.25) is 10.0 Å². The van der Waals surface area contributed by atoms with E-state index in [0.717, 1.165) is 175 Å². The second-order valence-electron chi connectivity index (χ2n) is 31.1. The third kappa shape index (κ3) is 12.9. The number of nitrogens with two attached hydrogens (primary N) is 3. The molecule has 0 radical (unpaired) electrons. The highest BCUT2D eigenvalue weighted by atomic mass is 127. The Hall–Kier alpha value is -7.69. The molecule has 3 aliphatic heterocycles. The summed E-state index contributed by atoms with van der Waals surface area (Å²) in [5.41, 5.74) is 35.6. The fraction of sp³-hybridized carbons (Fsp3) is 0.410. The highest BCUT2D eigenvalue weighted by molar-refractivity contribution is 14.1. The molecule has 0 saturated carbocycles. The van der Waals surface area contributed by atoms with Gasteiger partial charge in [0, 0.05) is 117 Å².